The Bertz CT molecular complexity index is 384. The molecule has 1 aliphatic rings. The first kappa shape index (κ1) is 17.6. The Hall–Kier alpha value is -1.43. The fourth-order valence-corrected chi connectivity index (χ4v) is 2.42. The van der Waals surface area contributed by atoms with E-state index in [0.29, 0.717) is 19.4 Å². The standard InChI is InChI=1S/C15H26N2O4/c1-11-10-14(20)17(15(11)21)9-7-13(19)16-8-5-3-4-6-12(2)18/h11,15,21H,3-10H2,1-2H3,(H,16,19). The number of nitrogens with one attached hydrogen (secondary N) is 1. The van der Waals surface area contributed by atoms with E-state index in [4.69, 9.17) is 0 Å². The molecule has 0 radical (unpaired) electrons. The number of nitrogens with zero attached hydrogens (tertiary/aromatic N) is 1. The molecule has 1 heterocycles. The van der Waals surface area contributed by atoms with Gasteiger partial charge in [0.2, 0.25) is 11.8 Å². The maximum absolute atomic E-state index is 11.7. The van der Waals surface area contributed by atoms with E-state index >= 15 is 0 Å². The third-order valence-electron chi connectivity index (χ3n) is 3.75. The van der Waals surface area contributed by atoms with Gasteiger partial charge in [-0.1, -0.05) is 13.3 Å². The number of aliphatic hydroxyl groups is 1. The van der Waals surface area contributed by atoms with E-state index < -0.39 is 6.23 Å². The summed E-state index contributed by atoms with van der Waals surface area (Å²) in [7, 11) is 0. The van der Waals surface area contributed by atoms with Crippen LogP contribution in [0.3, 0.4) is 0 Å². The Morgan fingerprint density at radius 2 is 2.00 bits per heavy atom. The molecule has 1 saturated heterocycles. The first-order chi connectivity index (χ1) is 9.91. The topological polar surface area (TPSA) is 86.7 Å². The fraction of sp³-hybridized carbons (Fsp3) is 0.800. The molecule has 21 heavy (non-hydrogen) atoms. The summed E-state index contributed by atoms with van der Waals surface area (Å²) < 4.78 is 0. The normalized spacial score (nSPS) is 21.7. The number of Topliss-reactive ketones (excluding diaryl/α,β-unsaturated/α-hetero) is 1. The number of amides is 2. The predicted octanol–water partition coefficient (Wildman–Crippen LogP) is 0.829. The van der Waals surface area contributed by atoms with Gasteiger partial charge < -0.3 is 20.1 Å². The number of hydrogen-bond acceptors (Lipinski definition) is 4. The number of carbonyl (C=O) groups excluding carboxylic acids is 3. The van der Waals surface area contributed by atoms with Crippen molar-refractivity contribution in [2.75, 3.05) is 13.1 Å². The lowest BCUT2D eigenvalue weighted by atomic mass is 10.1. The van der Waals surface area contributed by atoms with Gasteiger partial charge in [-0.15, -0.1) is 0 Å². The van der Waals surface area contributed by atoms with Crippen molar-refractivity contribution in [2.45, 2.75) is 58.6 Å². The highest BCUT2D eigenvalue weighted by molar-refractivity contribution is 5.80. The average Bonchev–Trinajstić information content (AvgIpc) is 2.65. The highest BCUT2D eigenvalue weighted by atomic mass is 16.3. The summed E-state index contributed by atoms with van der Waals surface area (Å²) in [4.78, 5) is 35.4. The van der Waals surface area contributed by atoms with Crippen LogP contribution in [0.4, 0.5) is 0 Å². The van der Waals surface area contributed by atoms with Gasteiger partial charge in [-0.25, -0.2) is 0 Å². The van der Waals surface area contributed by atoms with E-state index in [9.17, 15) is 19.5 Å². The Balaban J connectivity index is 2.09. The van der Waals surface area contributed by atoms with E-state index in [2.05, 4.69) is 5.32 Å². The van der Waals surface area contributed by atoms with Crippen LogP contribution in [0, 0.1) is 5.92 Å². The molecule has 0 aliphatic carbocycles. The third-order valence-corrected chi connectivity index (χ3v) is 3.75. The Kier molecular flexibility index (Phi) is 7.36. The Labute approximate surface area is 125 Å². The molecule has 2 amide bonds. The molecule has 2 atom stereocenters. The molecule has 0 aromatic heterocycles. The van der Waals surface area contributed by atoms with E-state index in [1.807, 2.05) is 6.92 Å². The van der Waals surface area contributed by atoms with Crippen molar-refractivity contribution in [2.24, 2.45) is 5.92 Å². The number of ketones is 1. The zero-order valence-corrected chi connectivity index (χ0v) is 12.9. The van der Waals surface area contributed by atoms with Crippen molar-refractivity contribution in [3.05, 3.63) is 0 Å². The minimum atomic E-state index is -0.767. The van der Waals surface area contributed by atoms with Crippen LogP contribution in [0.5, 0.6) is 0 Å². The molecule has 2 N–H and O–H groups in total. The molecule has 0 spiro atoms. The second-order valence-corrected chi connectivity index (χ2v) is 5.79. The van der Waals surface area contributed by atoms with E-state index in [0.717, 1.165) is 19.3 Å². The van der Waals surface area contributed by atoms with Gasteiger partial charge in [0.15, 0.2) is 0 Å². The monoisotopic (exact) mass is 298 g/mol. The van der Waals surface area contributed by atoms with Gasteiger partial charge in [0.05, 0.1) is 0 Å². The molecule has 1 rings (SSSR count). The zero-order chi connectivity index (χ0) is 15.8. The third kappa shape index (κ3) is 6.25. The zero-order valence-electron chi connectivity index (χ0n) is 12.9. The van der Waals surface area contributed by atoms with Gasteiger partial charge in [0, 0.05) is 38.3 Å². The summed E-state index contributed by atoms with van der Waals surface area (Å²) in [6.45, 7) is 4.25. The van der Waals surface area contributed by atoms with Crippen LogP contribution in [0.1, 0.15) is 52.4 Å². The quantitative estimate of drug-likeness (QED) is 0.617. The first-order valence-electron chi connectivity index (χ1n) is 7.65. The summed E-state index contributed by atoms with van der Waals surface area (Å²) in [5, 5.41) is 12.6. The van der Waals surface area contributed by atoms with Gasteiger partial charge in [-0.2, -0.15) is 0 Å². The molecule has 0 aromatic carbocycles. The number of unbranched alkanes of at least 4 members (excludes halogenated alkanes) is 2. The van der Waals surface area contributed by atoms with Crippen LogP contribution < -0.4 is 5.32 Å². The Morgan fingerprint density at radius 3 is 2.57 bits per heavy atom. The lowest BCUT2D eigenvalue weighted by molar-refractivity contribution is -0.134. The maximum Gasteiger partial charge on any atom is 0.225 e. The molecule has 0 aromatic rings. The summed E-state index contributed by atoms with van der Waals surface area (Å²) in [6, 6.07) is 0. The molecule has 0 saturated carbocycles. The highest BCUT2D eigenvalue weighted by Crippen LogP contribution is 2.22. The number of hydrogen-bond donors (Lipinski definition) is 2. The predicted molar refractivity (Wildman–Crippen MR) is 78.3 cm³/mol. The number of carbonyl (C=O) groups is 3. The largest absolute Gasteiger partial charge is 0.373 e. The maximum atomic E-state index is 11.7. The molecule has 2 unspecified atom stereocenters. The second kappa shape index (κ2) is 8.77. The van der Waals surface area contributed by atoms with Crippen molar-refractivity contribution >= 4 is 17.6 Å². The van der Waals surface area contributed by atoms with E-state index in [1.165, 1.54) is 4.90 Å². The van der Waals surface area contributed by atoms with E-state index in [1.54, 1.807) is 6.92 Å². The summed E-state index contributed by atoms with van der Waals surface area (Å²) in [6.07, 6.45) is 3.01. The lowest BCUT2D eigenvalue weighted by Crippen LogP contribution is -2.38. The summed E-state index contributed by atoms with van der Waals surface area (Å²) >= 11 is 0. The number of rotatable bonds is 9. The molecular formula is C15H26N2O4. The molecule has 0 bridgehead atoms. The van der Waals surface area contributed by atoms with Crippen LogP contribution >= 0.6 is 0 Å². The van der Waals surface area contributed by atoms with E-state index in [-0.39, 0.29) is 36.5 Å². The van der Waals surface area contributed by atoms with Gasteiger partial charge >= 0.3 is 0 Å². The van der Waals surface area contributed by atoms with Gasteiger partial charge in [0.25, 0.3) is 0 Å². The van der Waals surface area contributed by atoms with Crippen LogP contribution in [0.25, 0.3) is 0 Å². The summed E-state index contributed by atoms with van der Waals surface area (Å²) in [5.74, 6) is -0.0721. The van der Waals surface area contributed by atoms with Gasteiger partial charge in [-0.05, 0) is 19.8 Å². The molecular weight excluding hydrogens is 272 g/mol. The molecule has 1 aliphatic heterocycles. The summed E-state index contributed by atoms with van der Waals surface area (Å²) in [5.41, 5.74) is 0. The van der Waals surface area contributed by atoms with Crippen molar-refractivity contribution in [1.29, 1.82) is 0 Å². The van der Waals surface area contributed by atoms with Crippen molar-refractivity contribution in [1.82, 2.24) is 10.2 Å². The fourth-order valence-electron chi connectivity index (χ4n) is 2.42. The molecule has 1 fully saturated rings. The number of likely N-dealkylation sites (tertiary alicyclic amines) is 1. The molecule has 6 nitrogen and oxygen atoms in total. The SMILES string of the molecule is CC(=O)CCCCCNC(=O)CCN1C(=O)CC(C)C1O. The second-order valence-electron chi connectivity index (χ2n) is 5.79. The van der Waals surface area contributed by atoms with Crippen molar-refractivity contribution < 1.29 is 19.5 Å². The van der Waals surface area contributed by atoms with Gasteiger partial charge in [0.1, 0.15) is 12.0 Å². The highest BCUT2D eigenvalue weighted by Gasteiger charge is 2.35. The van der Waals surface area contributed by atoms with Gasteiger partial charge in [-0.3, -0.25) is 9.59 Å². The van der Waals surface area contributed by atoms with Crippen LogP contribution in [0.15, 0.2) is 0 Å². The van der Waals surface area contributed by atoms with Crippen LogP contribution in [0.2, 0.25) is 0 Å². The smallest absolute Gasteiger partial charge is 0.225 e. The average molecular weight is 298 g/mol. The van der Waals surface area contributed by atoms with Crippen molar-refractivity contribution in [3.8, 4) is 0 Å². The number of aliphatic hydroxyl groups excluding tert-OH is 1. The molecule has 120 valence electrons. The van der Waals surface area contributed by atoms with Crippen molar-refractivity contribution in [3.63, 3.8) is 0 Å². The van der Waals surface area contributed by atoms with Crippen LogP contribution in [-0.4, -0.2) is 46.9 Å². The minimum Gasteiger partial charge on any atom is -0.373 e. The molecule has 6 heteroatoms. The first-order valence-corrected chi connectivity index (χ1v) is 7.65. The Morgan fingerprint density at radius 1 is 1.29 bits per heavy atom. The lowest BCUT2D eigenvalue weighted by Gasteiger charge is -2.21. The minimum absolute atomic E-state index is 0.0677. The van der Waals surface area contributed by atoms with Crippen LogP contribution in [-0.2, 0) is 14.4 Å².